The molecule has 0 aliphatic rings. The highest BCUT2D eigenvalue weighted by molar-refractivity contribution is 7.07. The molecule has 0 unspecified atom stereocenters. The lowest BCUT2D eigenvalue weighted by molar-refractivity contribution is -0.133. The van der Waals surface area contributed by atoms with Gasteiger partial charge in [0.05, 0.1) is 27.0 Å². The predicted molar refractivity (Wildman–Crippen MR) is 131 cm³/mol. The van der Waals surface area contributed by atoms with Crippen LogP contribution in [0.15, 0.2) is 53.3 Å². The number of nitriles is 1. The van der Waals surface area contributed by atoms with E-state index >= 15 is 0 Å². The van der Waals surface area contributed by atoms with Crippen LogP contribution in [0.5, 0.6) is 11.5 Å². The van der Waals surface area contributed by atoms with E-state index in [0.717, 1.165) is 23.0 Å². The number of ether oxygens (including phenoxy) is 3. The van der Waals surface area contributed by atoms with E-state index in [1.54, 1.807) is 49.6 Å². The Morgan fingerprint density at radius 3 is 2.43 bits per heavy atom. The Morgan fingerprint density at radius 1 is 1.09 bits per heavy atom. The number of para-hydroxylation sites is 1. The van der Waals surface area contributed by atoms with Gasteiger partial charge >= 0.3 is 5.97 Å². The van der Waals surface area contributed by atoms with Crippen molar-refractivity contribution in [1.29, 1.82) is 5.26 Å². The smallest absolute Gasteiger partial charge is 0.332 e. The predicted octanol–water partition coefficient (Wildman–Crippen LogP) is 0.903. The fourth-order valence-corrected chi connectivity index (χ4v) is 4.33. The van der Waals surface area contributed by atoms with Crippen LogP contribution in [0.3, 0.4) is 0 Å². The van der Waals surface area contributed by atoms with E-state index in [1.165, 1.54) is 18.8 Å². The Labute approximate surface area is 205 Å². The molecular weight excluding hydrogens is 470 g/mol. The van der Waals surface area contributed by atoms with Crippen LogP contribution < -0.4 is 29.5 Å². The van der Waals surface area contributed by atoms with Crippen LogP contribution in [-0.4, -0.2) is 44.3 Å². The first kappa shape index (κ1) is 25.3. The summed E-state index contributed by atoms with van der Waals surface area (Å²) in [6, 6.07) is 15.9. The molecule has 0 bridgehead atoms. The van der Waals surface area contributed by atoms with Gasteiger partial charge in [0.1, 0.15) is 15.3 Å². The van der Waals surface area contributed by atoms with Crippen molar-refractivity contribution in [3.63, 3.8) is 0 Å². The molecule has 2 aromatic carbocycles. The lowest BCUT2D eigenvalue weighted by Crippen LogP contribution is -2.34. The molecule has 0 fully saturated rings. The Kier molecular flexibility index (Phi) is 8.43. The van der Waals surface area contributed by atoms with E-state index in [1.807, 2.05) is 12.1 Å². The SMILES string of the molecule is COC(=O)C=c1sc(=C(C#N)C(=O)NCCc2ccc(OC)c(OC)c2)n(-c2ccccc2)c1=O. The topological polar surface area (TPSA) is 120 Å². The largest absolute Gasteiger partial charge is 0.493 e. The maximum Gasteiger partial charge on any atom is 0.332 e. The van der Waals surface area contributed by atoms with Crippen LogP contribution in [0, 0.1) is 11.3 Å². The fraction of sp³-hybridized carbons (Fsp3) is 0.200. The summed E-state index contributed by atoms with van der Waals surface area (Å²) in [4.78, 5) is 37.7. The quantitative estimate of drug-likeness (QED) is 0.463. The molecule has 1 aromatic heterocycles. The van der Waals surface area contributed by atoms with Gasteiger partial charge in [-0.1, -0.05) is 24.3 Å². The highest BCUT2D eigenvalue weighted by Crippen LogP contribution is 2.27. The number of rotatable bonds is 8. The maximum atomic E-state index is 13.1. The second-order valence-corrected chi connectivity index (χ2v) is 8.13. The Balaban J connectivity index is 1.97. The average molecular weight is 494 g/mol. The van der Waals surface area contributed by atoms with Crippen molar-refractivity contribution in [1.82, 2.24) is 9.88 Å². The third-order valence-electron chi connectivity index (χ3n) is 4.99. The summed E-state index contributed by atoms with van der Waals surface area (Å²) in [6.07, 6.45) is 1.52. The van der Waals surface area contributed by atoms with Crippen LogP contribution in [-0.2, 0) is 20.7 Å². The minimum absolute atomic E-state index is 0.0431. The van der Waals surface area contributed by atoms with Crippen molar-refractivity contribution >= 4 is 34.9 Å². The number of benzene rings is 2. The molecule has 0 radical (unpaired) electrons. The number of amides is 1. The molecule has 1 amide bonds. The van der Waals surface area contributed by atoms with Crippen molar-refractivity contribution in [3.8, 4) is 23.3 Å². The monoisotopic (exact) mass is 493 g/mol. The summed E-state index contributed by atoms with van der Waals surface area (Å²) in [5.41, 5.74) is 0.577. The zero-order valence-corrected chi connectivity index (χ0v) is 20.2. The van der Waals surface area contributed by atoms with Gasteiger partial charge in [-0.3, -0.25) is 14.2 Å². The van der Waals surface area contributed by atoms with E-state index in [9.17, 15) is 19.6 Å². The summed E-state index contributed by atoms with van der Waals surface area (Å²) in [6.45, 7) is 0.238. The Bertz CT molecular complexity index is 1450. The van der Waals surface area contributed by atoms with Crippen LogP contribution >= 0.6 is 11.3 Å². The van der Waals surface area contributed by atoms with Crippen LogP contribution in [0.4, 0.5) is 0 Å². The number of thiazole rings is 1. The third-order valence-corrected chi connectivity index (χ3v) is 6.08. The lowest BCUT2D eigenvalue weighted by atomic mass is 10.1. The zero-order valence-electron chi connectivity index (χ0n) is 19.4. The van der Waals surface area contributed by atoms with Gasteiger partial charge in [-0.25, -0.2) is 4.79 Å². The Morgan fingerprint density at radius 2 is 1.80 bits per heavy atom. The molecule has 1 heterocycles. The molecule has 180 valence electrons. The van der Waals surface area contributed by atoms with Gasteiger partial charge < -0.3 is 19.5 Å². The van der Waals surface area contributed by atoms with E-state index in [-0.39, 0.29) is 21.3 Å². The van der Waals surface area contributed by atoms with Crippen molar-refractivity contribution < 1.29 is 23.8 Å². The van der Waals surface area contributed by atoms with Crippen LogP contribution in [0.1, 0.15) is 5.56 Å². The summed E-state index contributed by atoms with van der Waals surface area (Å²) in [5.74, 6) is -0.187. The lowest BCUT2D eigenvalue weighted by Gasteiger charge is -2.10. The number of nitrogens with zero attached hydrogens (tertiary/aromatic N) is 2. The van der Waals surface area contributed by atoms with Crippen molar-refractivity contribution in [2.75, 3.05) is 27.9 Å². The number of nitrogens with one attached hydrogen (secondary N) is 1. The van der Waals surface area contributed by atoms with Gasteiger partial charge in [0.15, 0.2) is 17.1 Å². The molecule has 0 spiro atoms. The number of methoxy groups -OCH3 is 3. The van der Waals surface area contributed by atoms with Gasteiger partial charge in [-0.2, -0.15) is 5.26 Å². The minimum Gasteiger partial charge on any atom is -0.493 e. The normalized spacial score (nSPS) is 11.9. The molecule has 0 aliphatic heterocycles. The second kappa shape index (κ2) is 11.7. The number of aromatic nitrogens is 1. The molecule has 35 heavy (non-hydrogen) atoms. The summed E-state index contributed by atoms with van der Waals surface area (Å²) in [7, 11) is 4.28. The first-order valence-corrected chi connectivity index (χ1v) is 11.3. The molecule has 0 saturated carbocycles. The molecule has 10 heteroatoms. The van der Waals surface area contributed by atoms with Crippen molar-refractivity contribution in [3.05, 3.63) is 73.6 Å². The summed E-state index contributed by atoms with van der Waals surface area (Å²) in [5, 5.41) is 12.5. The molecule has 9 nitrogen and oxygen atoms in total. The maximum absolute atomic E-state index is 13.1. The highest BCUT2D eigenvalue weighted by Gasteiger charge is 2.17. The fourth-order valence-electron chi connectivity index (χ4n) is 3.27. The highest BCUT2D eigenvalue weighted by atomic mass is 32.1. The first-order valence-electron chi connectivity index (χ1n) is 10.4. The van der Waals surface area contributed by atoms with Gasteiger partial charge in [-0.15, -0.1) is 11.3 Å². The molecular formula is C25H23N3O6S. The summed E-state index contributed by atoms with van der Waals surface area (Å²) >= 11 is 0.868. The van der Waals surface area contributed by atoms with Gasteiger partial charge in [-0.05, 0) is 36.2 Å². The molecule has 3 rings (SSSR count). The minimum atomic E-state index is -0.715. The van der Waals surface area contributed by atoms with Gasteiger partial charge in [0, 0.05) is 12.6 Å². The number of hydrogen-bond donors (Lipinski definition) is 1. The van der Waals surface area contributed by atoms with Crippen LogP contribution in [0.2, 0.25) is 0 Å². The molecule has 0 saturated heterocycles. The second-order valence-electron chi connectivity index (χ2n) is 7.10. The molecule has 3 aromatic rings. The summed E-state index contributed by atoms with van der Waals surface area (Å²) < 4.78 is 16.5. The third kappa shape index (κ3) is 5.77. The van der Waals surface area contributed by atoms with Crippen molar-refractivity contribution in [2.45, 2.75) is 6.42 Å². The van der Waals surface area contributed by atoms with E-state index in [0.29, 0.717) is 23.6 Å². The number of esters is 1. The Hall–Kier alpha value is -4.36. The van der Waals surface area contributed by atoms with Gasteiger partial charge in [0.25, 0.3) is 11.5 Å². The van der Waals surface area contributed by atoms with Gasteiger partial charge in [0.2, 0.25) is 0 Å². The van der Waals surface area contributed by atoms with E-state index in [4.69, 9.17) is 9.47 Å². The molecule has 1 N–H and O–H groups in total. The standard InChI is InChI=1S/C25H23N3O6S/c1-32-19-10-9-16(13-20(19)33-2)11-12-27-23(30)18(15-26)25-28(17-7-5-4-6-8-17)24(31)21(35-25)14-22(29)34-3/h4-10,13-14H,11-12H2,1-3H3,(H,27,30). The van der Waals surface area contributed by atoms with Crippen molar-refractivity contribution in [2.24, 2.45) is 0 Å². The number of hydrogen-bond acceptors (Lipinski definition) is 8. The average Bonchev–Trinajstić information content (AvgIpc) is 3.19. The molecule has 0 atom stereocenters. The molecule has 0 aliphatic carbocycles. The zero-order chi connectivity index (χ0) is 25.4. The van der Waals surface area contributed by atoms with E-state index < -0.39 is 17.4 Å². The van der Waals surface area contributed by atoms with Crippen LogP contribution in [0.25, 0.3) is 17.3 Å². The number of carbonyl (C=O) groups is 2. The first-order chi connectivity index (χ1) is 16.9. The van der Waals surface area contributed by atoms with E-state index in [2.05, 4.69) is 10.1 Å². The number of carbonyl (C=O) groups excluding carboxylic acids is 2.